The molecule has 1 fully saturated rings. The van der Waals surface area contributed by atoms with Gasteiger partial charge in [-0.3, -0.25) is 14.8 Å². The Bertz CT molecular complexity index is 2050. The topological polar surface area (TPSA) is 167 Å². The minimum atomic E-state index is -1.22. The van der Waals surface area contributed by atoms with Gasteiger partial charge in [0.15, 0.2) is 17.2 Å². The number of likely N-dealkylation sites (tertiary alicyclic amines) is 1. The normalized spacial score (nSPS) is 14.4. The molecule has 2 aliphatic heterocycles. The van der Waals surface area contributed by atoms with Gasteiger partial charge < -0.3 is 35.4 Å². The van der Waals surface area contributed by atoms with Crippen molar-refractivity contribution in [3.63, 3.8) is 0 Å². The van der Waals surface area contributed by atoms with Gasteiger partial charge in [0.05, 0.1) is 27.3 Å². The van der Waals surface area contributed by atoms with Crippen molar-refractivity contribution in [2.24, 2.45) is 5.92 Å². The first kappa shape index (κ1) is 39.1. The van der Waals surface area contributed by atoms with Crippen LogP contribution in [-0.2, 0) is 4.79 Å². The van der Waals surface area contributed by atoms with Crippen molar-refractivity contribution < 1.29 is 34.1 Å². The molecule has 1 aromatic heterocycles. The van der Waals surface area contributed by atoms with Gasteiger partial charge in [-0.2, -0.15) is 0 Å². The molecule has 0 unspecified atom stereocenters. The summed E-state index contributed by atoms with van der Waals surface area (Å²) in [6.45, 7) is 4.16. The Morgan fingerprint density at radius 1 is 1.00 bits per heavy atom. The first-order chi connectivity index (χ1) is 26.5. The van der Waals surface area contributed by atoms with Crippen LogP contribution in [0.25, 0.3) is 10.4 Å². The van der Waals surface area contributed by atoms with Crippen LogP contribution in [0.5, 0.6) is 5.75 Å². The number of urea groups is 1. The van der Waals surface area contributed by atoms with Crippen LogP contribution in [-0.4, -0.2) is 90.4 Å². The summed E-state index contributed by atoms with van der Waals surface area (Å²) in [7, 11) is 1.93. The molecule has 0 radical (unpaired) electrons. The van der Waals surface area contributed by atoms with Gasteiger partial charge in [0.1, 0.15) is 0 Å². The Morgan fingerprint density at radius 3 is 2.40 bits per heavy atom. The van der Waals surface area contributed by atoms with Crippen LogP contribution in [0.4, 0.5) is 21.9 Å². The number of benzene rings is 3. The first-order valence-corrected chi connectivity index (χ1v) is 19.4. The molecule has 288 valence electrons. The molecule has 0 bridgehead atoms. The Kier molecular flexibility index (Phi) is 12.6. The third-order valence-corrected chi connectivity index (χ3v) is 11.5. The highest BCUT2D eigenvalue weighted by Crippen LogP contribution is 2.46. The zero-order chi connectivity index (χ0) is 39.1. The molecule has 55 heavy (non-hydrogen) atoms. The van der Waals surface area contributed by atoms with Crippen LogP contribution >= 0.6 is 27.3 Å². The molecule has 0 saturated carbocycles. The second-order valence-electron chi connectivity index (χ2n) is 13.1. The van der Waals surface area contributed by atoms with Crippen molar-refractivity contribution in [2.75, 3.05) is 61.6 Å². The van der Waals surface area contributed by atoms with E-state index in [-0.39, 0.29) is 28.5 Å². The zero-order valence-electron chi connectivity index (χ0n) is 30.3. The van der Waals surface area contributed by atoms with E-state index < -0.39 is 18.5 Å². The fraction of sp³-hybridized carbons (Fsp3) is 0.282. The summed E-state index contributed by atoms with van der Waals surface area (Å²) in [6.07, 6.45) is 3.62. The fourth-order valence-corrected chi connectivity index (χ4v) is 8.33. The van der Waals surface area contributed by atoms with Crippen LogP contribution in [0.3, 0.4) is 0 Å². The van der Waals surface area contributed by atoms with Crippen LogP contribution in [0.2, 0.25) is 0 Å². The van der Waals surface area contributed by atoms with Crippen molar-refractivity contribution in [2.45, 2.75) is 19.8 Å². The molecular formula is C39H42BrN7O7S. The van der Waals surface area contributed by atoms with Gasteiger partial charge in [0.2, 0.25) is 0 Å². The van der Waals surface area contributed by atoms with E-state index in [0.717, 1.165) is 52.5 Å². The van der Waals surface area contributed by atoms with Crippen molar-refractivity contribution in [1.82, 2.24) is 20.8 Å². The lowest BCUT2D eigenvalue weighted by Crippen LogP contribution is -2.44. The van der Waals surface area contributed by atoms with Gasteiger partial charge in [-0.1, -0.05) is 30.3 Å². The maximum atomic E-state index is 13.0. The number of ether oxygens (including phenoxy) is 1. The summed E-state index contributed by atoms with van der Waals surface area (Å²) in [6, 6.07) is 24.4. The molecule has 0 aliphatic carbocycles. The standard InChI is InChI=1S/C39H42BrN7O7S/c1-3-41-37(50)26-12-14-29(15-13-26)47-23-31(44(2)43-47)22-46(21-25-16-18-45(19-17-25)39(53)42-28-9-5-4-6-10-28)30-11-7-8-27(20-30)35-33(40)34(54-24-32(48)49)36(55-35)38(51)52/h4-15,20,23,25,43H,3,16-19,21-22,24H2,1-2H3,(H,41,50)(H,42,53)(H,48,49)(H,51,52). The van der Waals surface area contributed by atoms with Crippen LogP contribution in [0.1, 0.15) is 39.8 Å². The lowest BCUT2D eigenvalue weighted by molar-refractivity contribution is -0.139. The smallest absolute Gasteiger partial charge is 0.349 e. The number of para-hydroxylation sites is 1. The van der Waals surface area contributed by atoms with Gasteiger partial charge in [0.25, 0.3) is 5.91 Å². The number of hydrazine groups is 2. The molecule has 3 amide bonds. The van der Waals surface area contributed by atoms with Crippen molar-refractivity contribution in [1.29, 1.82) is 0 Å². The highest BCUT2D eigenvalue weighted by Gasteiger charge is 2.29. The van der Waals surface area contributed by atoms with E-state index in [9.17, 15) is 29.4 Å². The molecule has 5 N–H and O–H groups in total. The average Bonchev–Trinajstić information content (AvgIpc) is 3.72. The highest BCUT2D eigenvalue weighted by atomic mass is 79.9. The van der Waals surface area contributed by atoms with Gasteiger partial charge >= 0.3 is 18.0 Å². The number of anilines is 3. The summed E-state index contributed by atoms with van der Waals surface area (Å²) in [5, 5.41) is 28.7. The second-order valence-corrected chi connectivity index (χ2v) is 14.9. The quantitative estimate of drug-likeness (QED) is 0.0935. The van der Waals surface area contributed by atoms with E-state index >= 15 is 0 Å². The molecule has 3 aromatic carbocycles. The predicted octanol–water partition coefficient (Wildman–Crippen LogP) is 6.55. The zero-order valence-corrected chi connectivity index (χ0v) is 32.7. The van der Waals surface area contributed by atoms with Crippen molar-refractivity contribution >= 4 is 68.2 Å². The molecule has 0 atom stereocenters. The maximum absolute atomic E-state index is 13.0. The van der Waals surface area contributed by atoms with Crippen LogP contribution < -0.4 is 30.8 Å². The highest BCUT2D eigenvalue weighted by molar-refractivity contribution is 9.10. The number of thiophene rings is 1. The van der Waals surface area contributed by atoms with Crippen molar-refractivity contribution in [3.8, 4) is 16.2 Å². The molecule has 6 rings (SSSR count). The minimum Gasteiger partial charge on any atom is -0.479 e. The number of halogens is 1. The molecule has 2 aliphatic rings. The third kappa shape index (κ3) is 9.57. The van der Waals surface area contributed by atoms with Crippen LogP contribution in [0, 0.1) is 5.92 Å². The number of nitrogens with zero attached hydrogens (tertiary/aromatic N) is 4. The Hall–Kier alpha value is -5.58. The number of carboxylic acids is 2. The van der Waals surface area contributed by atoms with E-state index in [1.54, 1.807) is 12.1 Å². The average molecular weight is 833 g/mol. The van der Waals surface area contributed by atoms with Gasteiger partial charge in [-0.25, -0.2) is 14.4 Å². The number of carbonyl (C=O) groups is 4. The fourth-order valence-electron chi connectivity index (χ4n) is 6.45. The lowest BCUT2D eigenvalue weighted by atomic mass is 9.96. The van der Waals surface area contributed by atoms with Crippen LogP contribution in [0.15, 0.2) is 95.2 Å². The Labute approximate surface area is 331 Å². The molecular weight excluding hydrogens is 790 g/mol. The number of carbonyl (C=O) groups excluding carboxylic acids is 2. The number of piperidine rings is 1. The van der Waals surface area contributed by atoms with Gasteiger partial charge in [-0.15, -0.1) is 16.9 Å². The van der Waals surface area contributed by atoms with E-state index in [0.29, 0.717) is 47.6 Å². The SMILES string of the molecule is CCNC(=O)c1ccc(N2C=C(CN(CC3CCN(C(=O)Nc4ccccc4)CC3)c3cccc(-c4sc(C(=O)O)c(OCC(=O)O)c4Br)c3)N(C)N2)cc1. The third-order valence-electron chi connectivity index (χ3n) is 9.29. The van der Waals surface area contributed by atoms with Gasteiger partial charge in [-0.05, 0) is 95.7 Å². The number of rotatable bonds is 14. The molecule has 0 spiro atoms. The number of aliphatic carboxylic acids is 1. The van der Waals surface area contributed by atoms with E-state index in [4.69, 9.17) is 4.74 Å². The Morgan fingerprint density at radius 2 is 1.73 bits per heavy atom. The number of nitrogens with one attached hydrogen (secondary N) is 3. The minimum absolute atomic E-state index is 0.0249. The summed E-state index contributed by atoms with van der Waals surface area (Å²) < 4.78 is 5.77. The molecule has 3 heterocycles. The number of carboxylic acid groups (broad SMARTS) is 2. The number of likely N-dealkylation sites (N-methyl/N-ethyl adjacent to an activating group) is 1. The summed E-state index contributed by atoms with van der Waals surface area (Å²) in [4.78, 5) is 53.3. The number of hydrogen-bond acceptors (Lipinski definition) is 10. The molecule has 14 nitrogen and oxygen atoms in total. The monoisotopic (exact) mass is 831 g/mol. The van der Waals surface area contributed by atoms with E-state index in [1.807, 2.05) is 102 Å². The number of hydrogen-bond donors (Lipinski definition) is 5. The molecule has 16 heteroatoms. The van der Waals surface area contributed by atoms with E-state index in [1.165, 1.54) is 0 Å². The predicted molar refractivity (Wildman–Crippen MR) is 215 cm³/mol. The first-order valence-electron chi connectivity index (χ1n) is 17.8. The Balaban J connectivity index is 1.25. The summed E-state index contributed by atoms with van der Waals surface area (Å²) in [5.74, 6) is -2.32. The van der Waals surface area contributed by atoms with Gasteiger partial charge in [0, 0.05) is 56.4 Å². The molecule has 1 saturated heterocycles. The molecule has 4 aromatic rings. The summed E-state index contributed by atoms with van der Waals surface area (Å²) in [5.41, 5.74) is 8.13. The summed E-state index contributed by atoms with van der Waals surface area (Å²) >= 11 is 4.50. The van der Waals surface area contributed by atoms with Crippen molar-refractivity contribution in [3.05, 3.63) is 106 Å². The second kappa shape index (κ2) is 17.7. The lowest BCUT2D eigenvalue weighted by Gasteiger charge is -2.36. The maximum Gasteiger partial charge on any atom is 0.349 e. The number of aromatic carboxylic acids is 1. The number of amides is 3. The largest absolute Gasteiger partial charge is 0.479 e. The van der Waals surface area contributed by atoms with E-state index in [2.05, 4.69) is 37.0 Å².